The first-order valence-corrected chi connectivity index (χ1v) is 46.6. The van der Waals surface area contributed by atoms with Crippen LogP contribution in [0.4, 0.5) is 0 Å². The molecule has 19 aromatic carbocycles. The molecule has 0 fully saturated rings. The van der Waals surface area contributed by atoms with Crippen molar-refractivity contribution >= 4 is 165 Å². The SMILES string of the molecule is c1ccc(-c2ccc(-n3c4ccc(-c5ccc6c(c5)c5ccccc5n6-c5ccccc5)cc4c4nc5ccccc5nc43)cc2)cc1.c1ccc(-c2cccc(-n3c4ccc(-c5ccc6c(c5)c5ccccc5n6-c5ccccc5)cc4c4nc5ccccc5nc43)c2)cc1.c1ccc(-n2c3ccc(-c4ccc5c(c4)c4nc6ccccc6nc4n5-c4ccccc4)cc3c3ccncc32)cc1. The quantitative estimate of drug-likeness (QED) is 0.126. The minimum atomic E-state index is 0.854. The van der Waals surface area contributed by atoms with E-state index in [1.165, 1.54) is 82.2 Å². The Morgan fingerprint density at radius 1 is 0.138 bits per heavy atom. The summed E-state index contributed by atoms with van der Waals surface area (Å²) in [5.41, 5.74) is 39.2. The van der Waals surface area contributed by atoms with Gasteiger partial charge >= 0.3 is 0 Å². The zero-order chi connectivity index (χ0) is 90.8. The summed E-state index contributed by atoms with van der Waals surface area (Å²) in [4.78, 5) is 35.4. The van der Waals surface area contributed by atoms with E-state index < -0.39 is 0 Å². The van der Waals surface area contributed by atoms with Crippen LogP contribution in [0.25, 0.3) is 254 Å². The van der Waals surface area contributed by atoms with E-state index in [4.69, 9.17) is 29.9 Å². The predicted molar refractivity (Wildman–Crippen MR) is 570 cm³/mol. The maximum atomic E-state index is 5.21. The van der Waals surface area contributed by atoms with Gasteiger partial charge in [0, 0.05) is 88.8 Å². The van der Waals surface area contributed by atoms with E-state index >= 15 is 0 Å². The molecule has 0 saturated heterocycles. The highest BCUT2D eigenvalue weighted by Crippen LogP contribution is 2.45. The van der Waals surface area contributed by atoms with Crippen molar-refractivity contribution in [1.82, 2.24) is 62.3 Å². The van der Waals surface area contributed by atoms with Crippen LogP contribution in [0, 0.1) is 0 Å². The fraction of sp³-hybridized carbons (Fsp3) is 0. The molecule has 0 bridgehead atoms. The Balaban J connectivity index is 0.000000105. The Bertz CT molecular complexity index is 9890. The van der Waals surface area contributed by atoms with Crippen LogP contribution in [0.5, 0.6) is 0 Å². The van der Waals surface area contributed by atoms with Crippen LogP contribution in [-0.2, 0) is 0 Å². The van der Waals surface area contributed by atoms with Gasteiger partial charge in [-0.1, -0.05) is 267 Å². The third-order valence-corrected chi connectivity index (χ3v) is 27.2. The molecule has 644 valence electrons. The van der Waals surface area contributed by atoms with Gasteiger partial charge < -0.3 is 13.7 Å². The molecule has 0 N–H and O–H groups in total. The molecule has 0 spiro atoms. The first kappa shape index (κ1) is 78.9. The number of rotatable bonds is 11. The first-order valence-electron chi connectivity index (χ1n) is 46.6. The molecule has 13 nitrogen and oxygen atoms in total. The van der Waals surface area contributed by atoms with Crippen LogP contribution in [0.3, 0.4) is 0 Å². The molecule has 0 aliphatic rings. The standard InChI is InChI=1S/2C44H28N4.C37H23N5/c1-3-12-29(13-4-1)30-14-11-17-34(26-30)48-42-25-23-32(28-37(42)43-44(48)46-39-20-9-8-19-38(39)45-43)31-22-24-41-36(27-31)35-18-7-10-21-40(35)47(41)33-15-5-2-6-16-33;1-3-11-29(12-4-1)30-19-23-34(24-20-30)48-42-26-22-32(28-37(42)43-44(48)46-39-17-9-8-16-38(39)45-43)31-21-25-41-36(27-31)35-15-7-10-18-40(35)47(41)33-13-5-2-6-14-33;1-3-9-26(10-4-1)41-33-17-15-24(21-29(33)28-19-20-38-23-35(28)41)25-16-18-34-30(22-25)36-37(42(34)27-11-5-2-6-12-27)40-32-14-8-7-13-31(32)39-36/h2*1-28H;1-23H. The Hall–Kier alpha value is -18.9. The predicted octanol–water partition coefficient (Wildman–Crippen LogP) is 31.2. The van der Waals surface area contributed by atoms with Crippen molar-refractivity contribution in [3.05, 3.63) is 480 Å². The zero-order valence-corrected chi connectivity index (χ0v) is 74.4. The fourth-order valence-corrected chi connectivity index (χ4v) is 20.8. The number of pyridine rings is 1. The van der Waals surface area contributed by atoms with Gasteiger partial charge in [-0.15, -0.1) is 0 Å². The van der Waals surface area contributed by atoms with Crippen LogP contribution in [0.15, 0.2) is 480 Å². The van der Waals surface area contributed by atoms with Crippen LogP contribution in [-0.4, -0.2) is 62.3 Å². The van der Waals surface area contributed by atoms with Gasteiger partial charge in [0.2, 0.25) is 0 Å². The van der Waals surface area contributed by atoms with E-state index in [9.17, 15) is 0 Å². The lowest BCUT2D eigenvalue weighted by molar-refractivity contribution is 1.14. The van der Waals surface area contributed by atoms with Crippen molar-refractivity contribution in [1.29, 1.82) is 0 Å². The summed E-state index contributed by atoms with van der Waals surface area (Å²) in [6, 6.07) is 165. The normalized spacial score (nSPS) is 11.8. The van der Waals surface area contributed by atoms with Gasteiger partial charge in [-0.05, 0) is 256 Å². The molecular formula is C125H79N13. The van der Waals surface area contributed by atoms with Gasteiger partial charge in [-0.3, -0.25) is 18.7 Å². The average molecular weight is 1760 g/mol. The first-order chi connectivity index (χ1) is 68.4. The number of para-hydroxylation sites is 12. The number of nitrogens with zero attached hydrogens (tertiary/aromatic N) is 13. The van der Waals surface area contributed by atoms with Crippen LogP contribution < -0.4 is 0 Å². The van der Waals surface area contributed by atoms with Gasteiger partial charge in [0.25, 0.3) is 0 Å². The van der Waals surface area contributed by atoms with E-state index in [-0.39, 0.29) is 0 Å². The highest BCUT2D eigenvalue weighted by Gasteiger charge is 2.25. The van der Waals surface area contributed by atoms with Crippen LogP contribution in [0.1, 0.15) is 0 Å². The summed E-state index contributed by atoms with van der Waals surface area (Å²) < 4.78 is 13.7. The monoisotopic (exact) mass is 1760 g/mol. The summed E-state index contributed by atoms with van der Waals surface area (Å²) in [5.74, 6) is 0. The van der Waals surface area contributed by atoms with E-state index in [0.29, 0.717) is 0 Å². The largest absolute Gasteiger partial charge is 0.309 e. The molecule has 0 radical (unpaired) electrons. The second-order valence-electron chi connectivity index (χ2n) is 35.2. The maximum absolute atomic E-state index is 5.21. The number of fused-ring (bicyclic) bond motifs is 21. The molecule has 0 atom stereocenters. The summed E-state index contributed by atoms with van der Waals surface area (Å²) in [6.45, 7) is 0. The molecule has 0 unspecified atom stereocenters. The van der Waals surface area contributed by atoms with Crippen molar-refractivity contribution in [2.45, 2.75) is 0 Å². The maximum Gasteiger partial charge on any atom is 0.165 e. The molecule has 0 aliphatic heterocycles. The van der Waals surface area contributed by atoms with E-state index in [1.807, 2.05) is 103 Å². The lowest BCUT2D eigenvalue weighted by Crippen LogP contribution is -1.97. The van der Waals surface area contributed by atoms with Gasteiger partial charge in [-0.2, -0.15) is 0 Å². The molecule has 0 amide bonds. The van der Waals surface area contributed by atoms with Gasteiger partial charge in [0.05, 0.1) is 88.9 Å². The molecule has 10 aromatic heterocycles. The zero-order valence-electron chi connectivity index (χ0n) is 74.4. The van der Waals surface area contributed by atoms with Gasteiger partial charge in [0.15, 0.2) is 16.9 Å². The highest BCUT2D eigenvalue weighted by atomic mass is 15.1. The minimum Gasteiger partial charge on any atom is -0.309 e. The number of hydrogen-bond acceptors (Lipinski definition) is 7. The third-order valence-electron chi connectivity index (χ3n) is 27.2. The Morgan fingerprint density at radius 3 is 0.754 bits per heavy atom. The van der Waals surface area contributed by atoms with Crippen molar-refractivity contribution in [2.24, 2.45) is 0 Å². The molecule has 138 heavy (non-hydrogen) atoms. The van der Waals surface area contributed by atoms with Crippen molar-refractivity contribution in [3.63, 3.8) is 0 Å². The molecule has 10 heterocycles. The molecule has 29 aromatic rings. The number of hydrogen-bond donors (Lipinski definition) is 0. The van der Waals surface area contributed by atoms with E-state index in [1.54, 1.807) is 0 Å². The minimum absolute atomic E-state index is 0.854. The lowest BCUT2D eigenvalue weighted by Gasteiger charge is -2.10. The molecule has 29 rings (SSSR count). The van der Waals surface area contributed by atoms with Gasteiger partial charge in [0.1, 0.15) is 16.6 Å². The van der Waals surface area contributed by atoms with Crippen LogP contribution >= 0.6 is 0 Å². The molecule has 0 saturated carbocycles. The summed E-state index contributed by atoms with van der Waals surface area (Å²) in [5, 5.41) is 10.6. The second-order valence-corrected chi connectivity index (χ2v) is 35.2. The van der Waals surface area contributed by atoms with E-state index in [0.717, 1.165) is 172 Å². The van der Waals surface area contributed by atoms with Crippen molar-refractivity contribution < 1.29 is 0 Å². The summed E-state index contributed by atoms with van der Waals surface area (Å²) in [6.07, 6.45) is 3.83. The molecule has 0 aliphatic carbocycles. The lowest BCUT2D eigenvalue weighted by atomic mass is 10.0. The Kier molecular flexibility index (Phi) is 18.6. The van der Waals surface area contributed by atoms with Crippen molar-refractivity contribution in [2.75, 3.05) is 0 Å². The van der Waals surface area contributed by atoms with Gasteiger partial charge in [-0.25, -0.2) is 29.9 Å². The Labute approximate surface area is 790 Å². The Morgan fingerprint density at radius 2 is 0.377 bits per heavy atom. The van der Waals surface area contributed by atoms with Crippen molar-refractivity contribution in [3.8, 4) is 89.8 Å². The topological polar surface area (TPSA) is 120 Å². The smallest absolute Gasteiger partial charge is 0.165 e. The fourth-order valence-electron chi connectivity index (χ4n) is 20.8. The van der Waals surface area contributed by atoms with Crippen LogP contribution in [0.2, 0.25) is 0 Å². The molecular weight excluding hydrogens is 1680 g/mol. The summed E-state index contributed by atoms with van der Waals surface area (Å²) >= 11 is 0. The number of benzene rings is 19. The number of aromatic nitrogens is 13. The van der Waals surface area contributed by atoms with E-state index in [2.05, 4.69) is 409 Å². The molecule has 13 heteroatoms. The highest BCUT2D eigenvalue weighted by molar-refractivity contribution is 6.17. The average Bonchev–Trinajstić information content (AvgIpc) is 1.59. The summed E-state index contributed by atoms with van der Waals surface area (Å²) in [7, 11) is 0. The third kappa shape index (κ3) is 13.3. The second kappa shape index (κ2) is 32.6.